The molecule has 0 radical (unpaired) electrons. The standard InChI is InChI=1S/C23H40O3/c1-17(10-9-13-23(5,6)26)16-22(3,4)12-8-7-11-19-14-20(24)18(2)21(25)15-19/h7-8,11,17,20-21,24-26H,2,9-10,12-16H2,1,3-6H3/t17?,20-,21-/m1/s1. The van der Waals surface area contributed by atoms with E-state index in [1.807, 2.05) is 19.9 Å². The summed E-state index contributed by atoms with van der Waals surface area (Å²) in [4.78, 5) is 0. The van der Waals surface area contributed by atoms with E-state index < -0.39 is 17.8 Å². The molecular weight excluding hydrogens is 324 g/mol. The number of hydrogen-bond donors (Lipinski definition) is 3. The smallest absolute Gasteiger partial charge is 0.0809 e. The van der Waals surface area contributed by atoms with Gasteiger partial charge in [0.2, 0.25) is 0 Å². The van der Waals surface area contributed by atoms with Gasteiger partial charge in [0.1, 0.15) is 0 Å². The highest BCUT2D eigenvalue weighted by molar-refractivity contribution is 5.25. The van der Waals surface area contributed by atoms with Crippen LogP contribution < -0.4 is 0 Å². The van der Waals surface area contributed by atoms with Crippen molar-refractivity contribution in [3.63, 3.8) is 0 Å². The molecule has 0 aromatic rings. The number of aliphatic hydroxyl groups excluding tert-OH is 2. The molecule has 3 nitrogen and oxygen atoms in total. The lowest BCUT2D eigenvalue weighted by Crippen LogP contribution is -2.27. The monoisotopic (exact) mass is 364 g/mol. The molecule has 0 spiro atoms. The molecule has 150 valence electrons. The third-order valence-corrected chi connectivity index (χ3v) is 5.29. The van der Waals surface area contributed by atoms with E-state index in [9.17, 15) is 15.3 Å². The van der Waals surface area contributed by atoms with Gasteiger partial charge in [-0.05, 0) is 62.9 Å². The first kappa shape index (κ1) is 23.1. The molecule has 0 amide bonds. The molecule has 0 saturated heterocycles. The van der Waals surface area contributed by atoms with Gasteiger partial charge in [-0.15, -0.1) is 0 Å². The van der Waals surface area contributed by atoms with E-state index in [-0.39, 0.29) is 5.41 Å². The summed E-state index contributed by atoms with van der Waals surface area (Å²) in [6.07, 6.45) is 11.4. The van der Waals surface area contributed by atoms with Crippen LogP contribution in [-0.2, 0) is 0 Å². The van der Waals surface area contributed by atoms with Gasteiger partial charge in [-0.3, -0.25) is 0 Å². The molecule has 1 aliphatic carbocycles. The van der Waals surface area contributed by atoms with Gasteiger partial charge in [0.05, 0.1) is 17.8 Å². The highest BCUT2D eigenvalue weighted by Gasteiger charge is 2.25. The molecule has 3 atom stereocenters. The first-order valence-electron chi connectivity index (χ1n) is 10.0. The fourth-order valence-corrected chi connectivity index (χ4v) is 3.80. The van der Waals surface area contributed by atoms with E-state index in [4.69, 9.17) is 0 Å². The largest absolute Gasteiger partial charge is 0.390 e. The van der Waals surface area contributed by atoms with Crippen LogP contribution in [0, 0.1) is 11.3 Å². The first-order chi connectivity index (χ1) is 11.9. The van der Waals surface area contributed by atoms with Crippen LogP contribution in [0.4, 0.5) is 0 Å². The Morgan fingerprint density at radius 1 is 1.15 bits per heavy atom. The third kappa shape index (κ3) is 9.16. The molecule has 1 saturated carbocycles. The number of rotatable bonds is 9. The minimum Gasteiger partial charge on any atom is -0.390 e. The molecule has 1 rings (SSSR count). The van der Waals surface area contributed by atoms with Crippen molar-refractivity contribution < 1.29 is 15.3 Å². The first-order valence-corrected chi connectivity index (χ1v) is 10.0. The summed E-state index contributed by atoms with van der Waals surface area (Å²) in [5.74, 6) is 0.647. The zero-order chi connectivity index (χ0) is 20.0. The lowest BCUT2D eigenvalue weighted by Gasteiger charge is -2.28. The Morgan fingerprint density at radius 3 is 2.27 bits per heavy atom. The fraction of sp³-hybridized carbons (Fsp3) is 0.739. The lowest BCUT2D eigenvalue weighted by atomic mass is 9.79. The zero-order valence-electron chi connectivity index (χ0n) is 17.5. The molecular formula is C23H40O3. The van der Waals surface area contributed by atoms with Crippen LogP contribution in [0.25, 0.3) is 0 Å². The van der Waals surface area contributed by atoms with Gasteiger partial charge in [0.15, 0.2) is 0 Å². The summed E-state index contributed by atoms with van der Waals surface area (Å²) < 4.78 is 0. The second-order valence-electron chi connectivity index (χ2n) is 9.65. The van der Waals surface area contributed by atoms with Gasteiger partial charge in [-0.25, -0.2) is 0 Å². The highest BCUT2D eigenvalue weighted by Crippen LogP contribution is 2.32. The molecule has 1 aliphatic rings. The topological polar surface area (TPSA) is 60.7 Å². The number of aliphatic hydroxyl groups is 3. The van der Waals surface area contributed by atoms with E-state index in [1.54, 1.807) is 0 Å². The average Bonchev–Trinajstić information content (AvgIpc) is 2.47. The molecule has 0 aliphatic heterocycles. The van der Waals surface area contributed by atoms with Crippen molar-refractivity contribution in [1.82, 2.24) is 0 Å². The third-order valence-electron chi connectivity index (χ3n) is 5.29. The van der Waals surface area contributed by atoms with Crippen molar-refractivity contribution in [1.29, 1.82) is 0 Å². The lowest BCUT2D eigenvalue weighted by molar-refractivity contribution is 0.0663. The Kier molecular flexibility index (Phi) is 8.78. The predicted octanol–water partition coefficient (Wildman–Crippen LogP) is 4.92. The van der Waals surface area contributed by atoms with E-state index in [2.05, 4.69) is 39.5 Å². The second-order valence-corrected chi connectivity index (χ2v) is 9.65. The molecule has 3 heteroatoms. The number of allylic oxidation sites excluding steroid dienone is 3. The van der Waals surface area contributed by atoms with Gasteiger partial charge in [0, 0.05) is 0 Å². The summed E-state index contributed by atoms with van der Waals surface area (Å²) in [7, 11) is 0. The van der Waals surface area contributed by atoms with Crippen LogP contribution in [0.3, 0.4) is 0 Å². The Bertz CT molecular complexity index is 492. The zero-order valence-corrected chi connectivity index (χ0v) is 17.5. The molecule has 3 N–H and O–H groups in total. The minimum atomic E-state index is -0.625. The van der Waals surface area contributed by atoms with Crippen LogP contribution in [-0.4, -0.2) is 33.1 Å². The number of hydrogen-bond acceptors (Lipinski definition) is 3. The van der Waals surface area contributed by atoms with Crippen LogP contribution in [0.1, 0.15) is 79.6 Å². The Morgan fingerprint density at radius 2 is 1.73 bits per heavy atom. The van der Waals surface area contributed by atoms with Gasteiger partial charge in [-0.1, -0.05) is 64.0 Å². The van der Waals surface area contributed by atoms with Gasteiger partial charge in [0.25, 0.3) is 0 Å². The van der Waals surface area contributed by atoms with Gasteiger partial charge >= 0.3 is 0 Å². The summed E-state index contributed by atoms with van der Waals surface area (Å²) in [5.41, 5.74) is 1.29. The van der Waals surface area contributed by atoms with Crippen molar-refractivity contribution in [2.24, 2.45) is 11.3 Å². The van der Waals surface area contributed by atoms with E-state index in [0.29, 0.717) is 24.3 Å². The fourth-order valence-electron chi connectivity index (χ4n) is 3.80. The van der Waals surface area contributed by atoms with E-state index in [0.717, 1.165) is 37.7 Å². The highest BCUT2D eigenvalue weighted by atomic mass is 16.3. The molecule has 26 heavy (non-hydrogen) atoms. The van der Waals surface area contributed by atoms with Crippen LogP contribution >= 0.6 is 0 Å². The molecule has 1 unspecified atom stereocenters. The normalized spacial score (nSPS) is 23.5. The predicted molar refractivity (Wildman–Crippen MR) is 110 cm³/mol. The minimum absolute atomic E-state index is 0.239. The van der Waals surface area contributed by atoms with Crippen molar-refractivity contribution in [2.75, 3.05) is 0 Å². The molecule has 0 aromatic carbocycles. The Hall–Kier alpha value is -0.900. The second kappa shape index (κ2) is 9.87. The molecule has 0 aromatic heterocycles. The van der Waals surface area contributed by atoms with Gasteiger partial charge < -0.3 is 15.3 Å². The Balaban J connectivity index is 2.41. The Labute approximate surface area is 160 Å². The quantitative estimate of drug-likeness (QED) is 0.509. The summed E-state index contributed by atoms with van der Waals surface area (Å²) >= 11 is 0. The van der Waals surface area contributed by atoms with Crippen molar-refractivity contribution >= 4 is 0 Å². The van der Waals surface area contributed by atoms with Crippen molar-refractivity contribution in [2.45, 2.75) is 97.4 Å². The average molecular weight is 365 g/mol. The maximum Gasteiger partial charge on any atom is 0.0809 e. The van der Waals surface area contributed by atoms with Crippen LogP contribution in [0.2, 0.25) is 0 Å². The van der Waals surface area contributed by atoms with Crippen LogP contribution in [0.5, 0.6) is 0 Å². The molecule has 0 heterocycles. The van der Waals surface area contributed by atoms with Crippen LogP contribution in [0.15, 0.2) is 36.0 Å². The maximum atomic E-state index is 9.88. The maximum absolute atomic E-state index is 9.88. The summed E-state index contributed by atoms with van der Waals surface area (Å²) in [5, 5.41) is 29.6. The van der Waals surface area contributed by atoms with E-state index >= 15 is 0 Å². The SMILES string of the molecule is C=C1[C@H](O)CC(=CC=CCC(C)(C)CC(C)CCCC(C)(C)O)C[C@H]1O. The molecule has 0 bridgehead atoms. The van der Waals surface area contributed by atoms with Crippen molar-refractivity contribution in [3.8, 4) is 0 Å². The summed E-state index contributed by atoms with van der Waals surface area (Å²) in [6.45, 7) is 14.4. The van der Waals surface area contributed by atoms with E-state index in [1.165, 1.54) is 0 Å². The van der Waals surface area contributed by atoms with Gasteiger partial charge in [-0.2, -0.15) is 0 Å². The van der Waals surface area contributed by atoms with Crippen molar-refractivity contribution in [3.05, 3.63) is 36.0 Å². The summed E-state index contributed by atoms with van der Waals surface area (Å²) in [6, 6.07) is 0. The molecule has 1 fully saturated rings.